The van der Waals surface area contributed by atoms with Gasteiger partial charge in [-0.3, -0.25) is 9.36 Å². The normalized spacial score (nSPS) is 13.7. The second-order valence-electron chi connectivity index (χ2n) is 19.2. The number of carbonyl (C=O) groups is 1. The van der Waals surface area contributed by atoms with Crippen LogP contribution in [-0.4, -0.2) is 70.7 Å². The van der Waals surface area contributed by atoms with E-state index in [1.807, 2.05) is 21.1 Å². The van der Waals surface area contributed by atoms with Gasteiger partial charge in [-0.15, -0.1) is 0 Å². The minimum atomic E-state index is -4.53. The summed E-state index contributed by atoms with van der Waals surface area (Å²) in [6.07, 6.45) is 55.0. The molecule has 0 amide bonds. The molecule has 0 aliphatic carbocycles. The maximum absolute atomic E-state index is 12.7. The Morgan fingerprint density at radius 3 is 1.34 bits per heavy atom. The predicted molar refractivity (Wildman–Crippen MR) is 264 cm³/mol. The predicted octanol–water partition coefficient (Wildman–Crippen LogP) is 15.7. The molecule has 2 atom stereocenters. The molecule has 2 unspecified atom stereocenters. The zero-order valence-corrected chi connectivity index (χ0v) is 42.7. The number of unbranched alkanes of at least 4 members (excludes halogenated alkanes) is 32. The fraction of sp³-hybridized carbons (Fsp3) is 0.906. The van der Waals surface area contributed by atoms with E-state index >= 15 is 0 Å². The lowest BCUT2D eigenvalue weighted by molar-refractivity contribution is -0.870. The number of nitrogens with zero attached hydrogens (tertiary/aromatic N) is 1. The van der Waals surface area contributed by atoms with Crippen molar-refractivity contribution in [1.82, 2.24) is 0 Å². The number of esters is 1. The summed E-state index contributed by atoms with van der Waals surface area (Å²) in [5.41, 5.74) is 0. The molecule has 0 N–H and O–H groups in total. The molecule has 0 bridgehead atoms. The van der Waals surface area contributed by atoms with Crippen LogP contribution < -0.4 is 4.89 Å². The van der Waals surface area contributed by atoms with E-state index in [0.29, 0.717) is 24.1 Å². The first-order valence-electron chi connectivity index (χ1n) is 26.6. The van der Waals surface area contributed by atoms with Gasteiger partial charge < -0.3 is 27.9 Å². The van der Waals surface area contributed by atoms with Crippen LogP contribution in [0.3, 0.4) is 0 Å². The Hall–Kier alpha value is -1.02. The summed E-state index contributed by atoms with van der Waals surface area (Å²) in [7, 11) is 1.36. The number of likely N-dealkylation sites (N-methyl/N-ethyl adjacent to an activating group) is 1. The highest BCUT2D eigenvalue weighted by atomic mass is 31.2. The molecule has 0 rings (SSSR count). The first-order chi connectivity index (χ1) is 30.1. The quantitative estimate of drug-likeness (QED) is 0.0197. The summed E-state index contributed by atoms with van der Waals surface area (Å²) in [5, 5.41) is 0. The van der Waals surface area contributed by atoms with Gasteiger partial charge in [0.25, 0.3) is 7.82 Å². The molecule has 368 valence electrons. The number of hydrogen-bond donors (Lipinski definition) is 0. The van der Waals surface area contributed by atoms with Crippen molar-refractivity contribution >= 4 is 13.8 Å². The van der Waals surface area contributed by atoms with Gasteiger partial charge in [0.2, 0.25) is 0 Å². The lowest BCUT2D eigenvalue weighted by Gasteiger charge is -2.28. The van der Waals surface area contributed by atoms with Gasteiger partial charge >= 0.3 is 5.97 Å². The fourth-order valence-corrected chi connectivity index (χ4v) is 8.37. The summed E-state index contributed by atoms with van der Waals surface area (Å²) in [6.45, 7) is 5.42. The average molecular weight is 898 g/mol. The summed E-state index contributed by atoms with van der Waals surface area (Å²) in [5.74, 6) is -0.343. The third kappa shape index (κ3) is 50.0. The molecule has 0 aromatic heterocycles. The highest BCUT2D eigenvalue weighted by Gasteiger charge is 2.20. The maximum Gasteiger partial charge on any atom is 0.306 e. The molecule has 0 saturated heterocycles. The van der Waals surface area contributed by atoms with E-state index < -0.39 is 13.9 Å². The van der Waals surface area contributed by atoms with Crippen LogP contribution in [0, 0.1) is 0 Å². The van der Waals surface area contributed by atoms with Gasteiger partial charge in [-0.2, -0.15) is 0 Å². The minimum absolute atomic E-state index is 0.0254. The lowest BCUT2D eigenvalue weighted by atomic mass is 10.0. The summed E-state index contributed by atoms with van der Waals surface area (Å²) in [6, 6.07) is 0. The number of allylic oxidation sites excluding steroid dienone is 4. The van der Waals surface area contributed by atoms with Crippen LogP contribution in [0.25, 0.3) is 0 Å². The number of carbonyl (C=O) groups excluding carboxylic acids is 1. The smallest absolute Gasteiger partial charge is 0.306 e. The average Bonchev–Trinajstić information content (AvgIpc) is 3.23. The summed E-state index contributed by atoms with van der Waals surface area (Å²) >= 11 is 0. The standard InChI is InChI=1S/C53H104NO7P/c1-6-8-10-12-14-16-18-20-22-23-24-25-26-27-28-29-30-31-33-35-37-39-41-43-45-48-58-50-52(51-60-62(56,57)59-49-47-54(3,4)5)61-53(55)46-44-42-40-38-36-34-32-21-19-17-15-13-11-9-7-2/h15,17,21,32,52H,6-14,16,18-20,22-31,33-51H2,1-5H3/b17-15-,32-21-. The van der Waals surface area contributed by atoms with Crippen molar-refractivity contribution in [3.63, 3.8) is 0 Å². The number of ether oxygens (including phenoxy) is 2. The second-order valence-corrected chi connectivity index (χ2v) is 20.7. The van der Waals surface area contributed by atoms with Crippen LogP contribution in [0.5, 0.6) is 0 Å². The van der Waals surface area contributed by atoms with Crippen molar-refractivity contribution in [2.24, 2.45) is 0 Å². The molecule has 8 nitrogen and oxygen atoms in total. The van der Waals surface area contributed by atoms with Gasteiger partial charge in [0.05, 0.1) is 34.4 Å². The van der Waals surface area contributed by atoms with E-state index in [4.69, 9.17) is 18.5 Å². The van der Waals surface area contributed by atoms with E-state index in [0.717, 1.165) is 57.8 Å². The largest absolute Gasteiger partial charge is 0.756 e. The summed E-state index contributed by atoms with van der Waals surface area (Å²) < 4.78 is 34.7. The molecule has 0 aromatic rings. The van der Waals surface area contributed by atoms with Gasteiger partial charge in [0.1, 0.15) is 19.3 Å². The van der Waals surface area contributed by atoms with Crippen LogP contribution in [0.15, 0.2) is 24.3 Å². The Morgan fingerprint density at radius 2 is 0.887 bits per heavy atom. The van der Waals surface area contributed by atoms with Gasteiger partial charge in [0.15, 0.2) is 0 Å². The topological polar surface area (TPSA) is 94.1 Å². The Bertz CT molecular complexity index is 1050. The Balaban J connectivity index is 4.04. The number of rotatable bonds is 50. The lowest BCUT2D eigenvalue weighted by Crippen LogP contribution is -2.37. The van der Waals surface area contributed by atoms with Crippen LogP contribution in [0.1, 0.15) is 251 Å². The zero-order valence-electron chi connectivity index (χ0n) is 41.8. The van der Waals surface area contributed by atoms with Crippen molar-refractivity contribution in [1.29, 1.82) is 0 Å². The molecule has 0 aromatic carbocycles. The van der Waals surface area contributed by atoms with Crippen LogP contribution >= 0.6 is 7.82 Å². The van der Waals surface area contributed by atoms with E-state index in [9.17, 15) is 14.3 Å². The summed E-state index contributed by atoms with van der Waals surface area (Å²) in [4.78, 5) is 25.1. The second kappa shape index (κ2) is 46.5. The molecule has 0 fully saturated rings. The van der Waals surface area contributed by atoms with Crippen molar-refractivity contribution in [3.8, 4) is 0 Å². The van der Waals surface area contributed by atoms with Gasteiger partial charge in [-0.05, 0) is 44.9 Å². The molecule has 0 aliphatic heterocycles. The number of phosphoric ester groups is 1. The molecular formula is C53H104NO7P. The molecule has 62 heavy (non-hydrogen) atoms. The number of hydrogen-bond acceptors (Lipinski definition) is 7. The Morgan fingerprint density at radius 1 is 0.500 bits per heavy atom. The SMILES string of the molecule is CCCCC/C=C\C/C=C\CCCCCCCC(=O)OC(COCCCCCCCCCCCCCCCCCCCCCCCCCCC)COP(=O)([O-])OCC[N+](C)(C)C. The van der Waals surface area contributed by atoms with Gasteiger partial charge in [0, 0.05) is 13.0 Å². The van der Waals surface area contributed by atoms with E-state index in [-0.39, 0.29) is 25.8 Å². The van der Waals surface area contributed by atoms with Crippen LogP contribution in [0.2, 0.25) is 0 Å². The highest BCUT2D eigenvalue weighted by molar-refractivity contribution is 7.45. The molecule has 0 saturated carbocycles. The first-order valence-corrected chi connectivity index (χ1v) is 28.0. The Kier molecular flexibility index (Phi) is 45.7. The number of quaternary nitrogens is 1. The zero-order chi connectivity index (χ0) is 45.5. The van der Waals surface area contributed by atoms with Crippen molar-refractivity contribution in [2.45, 2.75) is 258 Å². The highest BCUT2D eigenvalue weighted by Crippen LogP contribution is 2.38. The molecular weight excluding hydrogens is 794 g/mol. The third-order valence-corrected chi connectivity index (χ3v) is 12.7. The fourth-order valence-electron chi connectivity index (χ4n) is 7.64. The van der Waals surface area contributed by atoms with E-state index in [1.54, 1.807) is 0 Å². The minimum Gasteiger partial charge on any atom is -0.756 e. The molecule has 0 heterocycles. The van der Waals surface area contributed by atoms with Crippen molar-refractivity contribution < 1.29 is 37.3 Å². The third-order valence-electron chi connectivity index (χ3n) is 11.8. The molecule has 0 radical (unpaired) electrons. The van der Waals surface area contributed by atoms with Crippen molar-refractivity contribution in [3.05, 3.63) is 24.3 Å². The van der Waals surface area contributed by atoms with Crippen LogP contribution in [-0.2, 0) is 27.9 Å². The van der Waals surface area contributed by atoms with Crippen LogP contribution in [0.4, 0.5) is 0 Å². The number of phosphoric acid groups is 1. The Labute approximate surface area is 385 Å². The van der Waals surface area contributed by atoms with Gasteiger partial charge in [-0.1, -0.05) is 224 Å². The van der Waals surface area contributed by atoms with E-state index in [1.165, 1.54) is 173 Å². The molecule has 9 heteroatoms. The molecule has 0 spiro atoms. The maximum atomic E-state index is 12.7. The van der Waals surface area contributed by atoms with Gasteiger partial charge in [-0.25, -0.2) is 0 Å². The van der Waals surface area contributed by atoms with Crippen molar-refractivity contribution in [2.75, 3.05) is 54.1 Å². The van der Waals surface area contributed by atoms with E-state index in [2.05, 4.69) is 38.2 Å². The monoisotopic (exact) mass is 898 g/mol. The molecule has 0 aliphatic rings. The first kappa shape index (κ1) is 61.0.